The third kappa shape index (κ3) is 10.5. The molecule has 0 N–H and O–H groups in total. The summed E-state index contributed by atoms with van der Waals surface area (Å²) in [7, 11) is 0.801. The molecule has 0 fully saturated rings. The fourth-order valence-electron chi connectivity index (χ4n) is 3.77. The topological polar surface area (TPSA) is 57.0 Å². The van der Waals surface area contributed by atoms with Gasteiger partial charge < -0.3 is 9.47 Å². The van der Waals surface area contributed by atoms with Crippen molar-refractivity contribution in [2.75, 3.05) is 38.2 Å². The average Bonchev–Trinajstić information content (AvgIpc) is 3.34. The number of hydrogen-bond acceptors (Lipinski definition) is 5. The van der Waals surface area contributed by atoms with Gasteiger partial charge >= 0.3 is 5.97 Å². The molecule has 5 nitrogen and oxygen atoms in total. The molecule has 0 aliphatic rings. The molecule has 0 aliphatic carbocycles. The lowest BCUT2D eigenvalue weighted by Crippen LogP contribution is -2.21. The van der Waals surface area contributed by atoms with Gasteiger partial charge in [0.25, 0.3) is 5.56 Å². The van der Waals surface area contributed by atoms with Gasteiger partial charge in [0.1, 0.15) is 8.62 Å². The predicted octanol–water partition coefficient (Wildman–Crippen LogP) is 9.83. The molecule has 41 heavy (non-hydrogen) atoms. The average molecular weight is 669 g/mol. The third-order valence-corrected chi connectivity index (χ3v) is 8.58. The Balaban J connectivity index is 0.00000184. The second-order valence-corrected chi connectivity index (χ2v) is 15.6. The van der Waals surface area contributed by atoms with Crippen LogP contribution in [0.4, 0.5) is 0 Å². The smallest absolute Gasteiger partial charge is 0.357 e. The van der Waals surface area contributed by atoms with Gasteiger partial charge in [-0.15, -0.1) is 11.3 Å². The minimum absolute atomic E-state index is 0.207. The Morgan fingerprint density at radius 3 is 2.07 bits per heavy atom. The van der Waals surface area contributed by atoms with E-state index in [-0.39, 0.29) is 11.3 Å². The molecule has 4 aromatic rings. The molecule has 0 radical (unpaired) electrons. The highest BCUT2D eigenvalue weighted by molar-refractivity contribution is 9.11. The maximum atomic E-state index is 13.2. The van der Waals surface area contributed by atoms with Crippen LogP contribution in [0.3, 0.4) is 0 Å². The summed E-state index contributed by atoms with van der Waals surface area (Å²) in [6, 6.07) is 15.9. The standard InChI is InChI=1S/C25H26BrNO4S2.4C2H6/c1-30-22-18(14-17-10-7-9-16-8-5-6-11-19(16)17)15-20(28)27-21(23(26)32-24(22)27)25(29)31-12-13-33(2,3)4;4*1-2/h5-11,15H,12-14H2,1-4H3;4*1-2H3. The van der Waals surface area contributed by atoms with Gasteiger partial charge in [0.15, 0.2) is 11.4 Å². The first kappa shape index (κ1) is 38.7. The molecule has 0 atom stereocenters. The number of aromatic nitrogens is 1. The summed E-state index contributed by atoms with van der Waals surface area (Å²) >= 11 is 4.77. The van der Waals surface area contributed by atoms with Crippen LogP contribution in [0.25, 0.3) is 15.6 Å². The van der Waals surface area contributed by atoms with E-state index in [2.05, 4.69) is 59.0 Å². The molecule has 0 bridgehead atoms. The number of pyridine rings is 1. The highest BCUT2D eigenvalue weighted by Crippen LogP contribution is 2.37. The molecular weight excluding hydrogens is 618 g/mol. The first-order valence-corrected chi connectivity index (χ1v) is 19.0. The SMILES string of the molecule is CC.CC.CC.CC.COc1c(Cc2cccc3ccccc23)cc(=O)n2c(C(=O)OCCS(C)(C)C)c(Br)sc12. The van der Waals surface area contributed by atoms with Crippen LogP contribution in [-0.2, 0) is 11.2 Å². The predicted molar refractivity (Wildman–Crippen MR) is 188 cm³/mol. The van der Waals surface area contributed by atoms with Crippen molar-refractivity contribution in [1.82, 2.24) is 4.40 Å². The molecule has 0 unspecified atom stereocenters. The van der Waals surface area contributed by atoms with Gasteiger partial charge in [-0.25, -0.2) is 14.8 Å². The number of esters is 1. The zero-order valence-electron chi connectivity index (χ0n) is 27.0. The van der Waals surface area contributed by atoms with Crippen molar-refractivity contribution in [3.05, 3.63) is 79.5 Å². The van der Waals surface area contributed by atoms with E-state index in [1.165, 1.54) is 15.7 Å². The van der Waals surface area contributed by atoms with E-state index in [9.17, 15) is 9.59 Å². The molecule has 2 aromatic carbocycles. The second-order valence-electron chi connectivity index (χ2n) is 8.65. The molecule has 230 valence electrons. The van der Waals surface area contributed by atoms with E-state index in [0.717, 1.165) is 27.7 Å². The van der Waals surface area contributed by atoms with E-state index in [0.29, 0.717) is 27.4 Å². The lowest BCUT2D eigenvalue weighted by molar-refractivity contribution is 0.0520. The largest absolute Gasteiger partial charge is 0.493 e. The third-order valence-electron chi connectivity index (χ3n) is 5.39. The molecule has 0 aliphatic heterocycles. The van der Waals surface area contributed by atoms with Gasteiger partial charge in [-0.1, -0.05) is 97.9 Å². The van der Waals surface area contributed by atoms with Crippen molar-refractivity contribution < 1.29 is 14.3 Å². The quantitative estimate of drug-likeness (QED) is 0.184. The van der Waals surface area contributed by atoms with E-state index >= 15 is 0 Å². The van der Waals surface area contributed by atoms with Gasteiger partial charge in [-0.05, 0) is 51.0 Å². The number of halogens is 1. The number of ether oxygens (including phenoxy) is 2. The van der Waals surface area contributed by atoms with E-state index < -0.39 is 16.0 Å². The maximum Gasteiger partial charge on any atom is 0.357 e. The minimum Gasteiger partial charge on any atom is -0.493 e. The Hall–Kier alpha value is -2.29. The summed E-state index contributed by atoms with van der Waals surface area (Å²) < 4.78 is 13.2. The van der Waals surface area contributed by atoms with Crippen molar-refractivity contribution in [2.45, 2.75) is 61.8 Å². The van der Waals surface area contributed by atoms with Gasteiger partial charge in [0, 0.05) is 23.8 Å². The van der Waals surface area contributed by atoms with E-state index in [1.807, 2.05) is 73.6 Å². The van der Waals surface area contributed by atoms with Gasteiger partial charge in [-0.3, -0.25) is 9.20 Å². The fraction of sp³-hybridized carbons (Fsp3) is 0.455. The number of rotatable bonds is 7. The summed E-state index contributed by atoms with van der Waals surface area (Å²) in [5, 5.41) is 2.28. The lowest BCUT2D eigenvalue weighted by Gasteiger charge is -2.24. The van der Waals surface area contributed by atoms with Crippen molar-refractivity contribution in [2.24, 2.45) is 0 Å². The number of nitrogens with zero attached hydrogens (tertiary/aromatic N) is 1. The number of fused-ring (bicyclic) bond motifs is 2. The van der Waals surface area contributed by atoms with Crippen LogP contribution in [0.2, 0.25) is 0 Å². The minimum atomic E-state index is -0.786. The summed E-state index contributed by atoms with van der Waals surface area (Å²) in [5.41, 5.74) is 1.81. The summed E-state index contributed by atoms with van der Waals surface area (Å²) in [5.74, 6) is 0.889. The van der Waals surface area contributed by atoms with E-state index in [1.54, 1.807) is 13.2 Å². The summed E-state index contributed by atoms with van der Waals surface area (Å²) in [6.45, 7) is 16.3. The molecule has 0 saturated heterocycles. The first-order chi connectivity index (χ1) is 19.7. The maximum absolute atomic E-state index is 13.2. The van der Waals surface area contributed by atoms with Gasteiger partial charge in [0.2, 0.25) is 0 Å². The fourth-order valence-corrected chi connectivity index (χ4v) is 6.17. The highest BCUT2D eigenvalue weighted by atomic mass is 79.9. The molecular formula is C33H50BrNO4S2. The number of benzene rings is 2. The molecule has 2 heterocycles. The van der Waals surface area contributed by atoms with Crippen molar-refractivity contribution in [3.63, 3.8) is 0 Å². The number of hydrogen-bond donors (Lipinski definition) is 0. The number of carbonyl (C=O) groups is 1. The highest BCUT2D eigenvalue weighted by Gasteiger charge is 2.25. The monoisotopic (exact) mass is 667 g/mol. The van der Waals surface area contributed by atoms with Crippen LogP contribution in [0.5, 0.6) is 5.75 Å². The van der Waals surface area contributed by atoms with E-state index in [4.69, 9.17) is 9.47 Å². The second kappa shape index (κ2) is 19.8. The van der Waals surface area contributed by atoms with Crippen LogP contribution in [-0.4, -0.2) is 48.6 Å². The van der Waals surface area contributed by atoms with Gasteiger partial charge in [-0.2, -0.15) is 0 Å². The molecule has 0 spiro atoms. The zero-order valence-corrected chi connectivity index (χ0v) is 30.2. The Kier molecular flexibility index (Phi) is 18.7. The van der Waals surface area contributed by atoms with Crippen LogP contribution in [0.15, 0.2) is 57.1 Å². The summed E-state index contributed by atoms with van der Waals surface area (Å²) in [4.78, 5) is 26.6. The molecule has 8 heteroatoms. The van der Waals surface area contributed by atoms with Gasteiger partial charge in [0.05, 0.1) is 13.7 Å². The van der Waals surface area contributed by atoms with Crippen LogP contribution in [0.1, 0.15) is 77.0 Å². The van der Waals surface area contributed by atoms with Crippen LogP contribution >= 0.6 is 37.3 Å². The van der Waals surface area contributed by atoms with Crippen molar-refractivity contribution in [3.8, 4) is 5.75 Å². The molecule has 0 saturated carbocycles. The molecule has 4 rings (SSSR count). The Morgan fingerprint density at radius 1 is 0.902 bits per heavy atom. The Morgan fingerprint density at radius 2 is 1.49 bits per heavy atom. The van der Waals surface area contributed by atoms with Crippen LogP contribution < -0.4 is 10.3 Å². The zero-order chi connectivity index (χ0) is 31.8. The number of carbonyl (C=O) groups excluding carboxylic acids is 1. The van der Waals surface area contributed by atoms with Crippen molar-refractivity contribution >= 4 is 58.9 Å². The number of thiazole rings is 1. The molecule has 2 aromatic heterocycles. The van der Waals surface area contributed by atoms with Crippen LogP contribution in [0, 0.1) is 0 Å². The summed E-state index contributed by atoms with van der Waals surface area (Å²) in [6.07, 6.45) is 7.05. The number of methoxy groups -OCH3 is 1. The van der Waals surface area contributed by atoms with Crippen molar-refractivity contribution in [1.29, 1.82) is 0 Å². The first-order valence-electron chi connectivity index (χ1n) is 14.4. The molecule has 0 amide bonds. The normalized spacial score (nSPS) is 10.5. The Bertz CT molecular complexity index is 1400. The Labute approximate surface area is 261 Å². The lowest BCUT2D eigenvalue weighted by atomic mass is 9.98.